The molecule has 0 aromatic heterocycles. The molecule has 0 radical (unpaired) electrons. The first-order valence-corrected chi connectivity index (χ1v) is 4.85. The highest BCUT2D eigenvalue weighted by molar-refractivity contribution is 5.97. The summed E-state index contributed by atoms with van der Waals surface area (Å²) < 4.78 is 0. The molecule has 3 atom stereocenters. The molecule has 1 aliphatic rings. The van der Waals surface area contributed by atoms with E-state index in [1.807, 2.05) is 0 Å². The van der Waals surface area contributed by atoms with Crippen molar-refractivity contribution in [3.63, 3.8) is 0 Å². The zero-order valence-electron chi connectivity index (χ0n) is 8.46. The van der Waals surface area contributed by atoms with Gasteiger partial charge in [-0.3, -0.25) is 9.59 Å². The molecule has 0 saturated heterocycles. The quantitative estimate of drug-likeness (QED) is 0.516. The van der Waals surface area contributed by atoms with Crippen molar-refractivity contribution in [2.45, 2.75) is 19.3 Å². The van der Waals surface area contributed by atoms with E-state index in [0.717, 1.165) is 0 Å². The summed E-state index contributed by atoms with van der Waals surface area (Å²) in [5.41, 5.74) is -1.88. The molecule has 6 heteroatoms. The molecule has 6 nitrogen and oxygen atoms in total. The number of carboxylic acid groups (broad SMARTS) is 2. The standard InChI is InChI=1S/C10H12O6/c11-4-6-1-2-10(5-12,9(15)16)7(3-6)8(13)14/h4-7H,1-3H2,(H,13,14)(H,15,16). The number of carboxylic acids is 2. The lowest BCUT2D eigenvalue weighted by molar-refractivity contribution is -0.168. The molecule has 1 saturated carbocycles. The Labute approximate surface area is 91.3 Å². The summed E-state index contributed by atoms with van der Waals surface area (Å²) >= 11 is 0. The van der Waals surface area contributed by atoms with Crippen LogP contribution in [0.2, 0.25) is 0 Å². The van der Waals surface area contributed by atoms with Crippen LogP contribution < -0.4 is 0 Å². The predicted molar refractivity (Wildman–Crippen MR) is 50.7 cm³/mol. The maximum absolute atomic E-state index is 11.0. The van der Waals surface area contributed by atoms with Gasteiger partial charge in [-0.15, -0.1) is 0 Å². The van der Waals surface area contributed by atoms with Crippen LogP contribution in [0.4, 0.5) is 0 Å². The molecule has 0 bridgehead atoms. The highest BCUT2D eigenvalue weighted by Gasteiger charge is 2.53. The summed E-state index contributed by atoms with van der Waals surface area (Å²) in [6.07, 6.45) is 0.843. The summed E-state index contributed by atoms with van der Waals surface area (Å²) in [5.74, 6) is -4.58. The van der Waals surface area contributed by atoms with Gasteiger partial charge in [0.05, 0.1) is 5.92 Å². The van der Waals surface area contributed by atoms with Gasteiger partial charge in [0.1, 0.15) is 18.0 Å². The van der Waals surface area contributed by atoms with Crippen LogP contribution in [0.3, 0.4) is 0 Å². The van der Waals surface area contributed by atoms with Gasteiger partial charge in [-0.1, -0.05) is 0 Å². The third kappa shape index (κ3) is 1.82. The number of aldehydes is 2. The van der Waals surface area contributed by atoms with Crippen molar-refractivity contribution >= 4 is 24.5 Å². The number of carbonyl (C=O) groups is 4. The van der Waals surface area contributed by atoms with Crippen molar-refractivity contribution in [1.29, 1.82) is 0 Å². The second kappa shape index (κ2) is 4.42. The van der Waals surface area contributed by atoms with E-state index in [1.165, 1.54) is 0 Å². The second-order valence-corrected chi connectivity index (χ2v) is 4.02. The monoisotopic (exact) mass is 228 g/mol. The summed E-state index contributed by atoms with van der Waals surface area (Å²) in [7, 11) is 0. The van der Waals surface area contributed by atoms with Crippen LogP contribution in [-0.4, -0.2) is 34.7 Å². The molecule has 2 N–H and O–H groups in total. The molecule has 16 heavy (non-hydrogen) atoms. The van der Waals surface area contributed by atoms with Crippen molar-refractivity contribution in [2.24, 2.45) is 17.3 Å². The molecule has 0 aliphatic heterocycles. The molecular weight excluding hydrogens is 216 g/mol. The molecule has 88 valence electrons. The molecule has 0 aromatic carbocycles. The topological polar surface area (TPSA) is 109 Å². The summed E-state index contributed by atoms with van der Waals surface area (Å²) in [4.78, 5) is 43.5. The Morgan fingerprint density at radius 2 is 1.88 bits per heavy atom. The lowest BCUT2D eigenvalue weighted by atomic mass is 9.64. The molecule has 3 unspecified atom stereocenters. The maximum atomic E-state index is 11.0. The average molecular weight is 228 g/mol. The smallest absolute Gasteiger partial charge is 0.317 e. The fraction of sp³-hybridized carbons (Fsp3) is 0.600. The molecular formula is C10H12O6. The Morgan fingerprint density at radius 3 is 2.25 bits per heavy atom. The lowest BCUT2D eigenvalue weighted by Gasteiger charge is -2.36. The number of hydrogen-bond donors (Lipinski definition) is 2. The number of aliphatic carboxylic acids is 2. The Morgan fingerprint density at radius 1 is 1.25 bits per heavy atom. The predicted octanol–water partition coefficient (Wildman–Crippen LogP) is -0.0439. The van der Waals surface area contributed by atoms with Gasteiger partial charge in [0.15, 0.2) is 0 Å². The van der Waals surface area contributed by atoms with Crippen LogP contribution in [0.15, 0.2) is 0 Å². The normalized spacial score (nSPS) is 34.0. The van der Waals surface area contributed by atoms with Crippen molar-refractivity contribution in [3.8, 4) is 0 Å². The maximum Gasteiger partial charge on any atom is 0.317 e. The third-order valence-electron chi connectivity index (χ3n) is 3.19. The Hall–Kier alpha value is -1.72. The van der Waals surface area contributed by atoms with E-state index in [2.05, 4.69) is 0 Å². The molecule has 1 rings (SSSR count). The van der Waals surface area contributed by atoms with Crippen LogP contribution in [0.1, 0.15) is 19.3 Å². The van der Waals surface area contributed by atoms with Gasteiger partial charge < -0.3 is 19.8 Å². The molecule has 0 heterocycles. The minimum atomic E-state index is -1.88. The van der Waals surface area contributed by atoms with Crippen LogP contribution in [0, 0.1) is 17.3 Å². The minimum Gasteiger partial charge on any atom is -0.481 e. The molecule has 1 fully saturated rings. The van der Waals surface area contributed by atoms with Gasteiger partial charge in [0.2, 0.25) is 0 Å². The van der Waals surface area contributed by atoms with Crippen LogP contribution in [0.25, 0.3) is 0 Å². The van der Waals surface area contributed by atoms with Crippen molar-refractivity contribution in [1.82, 2.24) is 0 Å². The lowest BCUT2D eigenvalue weighted by Crippen LogP contribution is -2.48. The largest absolute Gasteiger partial charge is 0.481 e. The van der Waals surface area contributed by atoms with Gasteiger partial charge in [0, 0.05) is 5.92 Å². The van der Waals surface area contributed by atoms with E-state index < -0.39 is 29.2 Å². The fourth-order valence-electron chi connectivity index (χ4n) is 2.12. The third-order valence-corrected chi connectivity index (χ3v) is 3.19. The molecule has 0 spiro atoms. The van der Waals surface area contributed by atoms with Gasteiger partial charge in [0.25, 0.3) is 0 Å². The van der Waals surface area contributed by atoms with Gasteiger partial charge >= 0.3 is 11.9 Å². The van der Waals surface area contributed by atoms with Gasteiger partial charge in [-0.05, 0) is 19.3 Å². The van der Waals surface area contributed by atoms with E-state index in [9.17, 15) is 19.2 Å². The van der Waals surface area contributed by atoms with E-state index in [1.54, 1.807) is 0 Å². The molecule has 0 aromatic rings. The van der Waals surface area contributed by atoms with Crippen molar-refractivity contribution in [2.75, 3.05) is 0 Å². The molecule has 1 aliphatic carbocycles. The highest BCUT2D eigenvalue weighted by atomic mass is 16.4. The average Bonchev–Trinajstić information content (AvgIpc) is 2.27. The second-order valence-electron chi connectivity index (χ2n) is 4.02. The first kappa shape index (κ1) is 12.4. The number of rotatable bonds is 4. The molecule has 0 amide bonds. The van der Waals surface area contributed by atoms with E-state index in [4.69, 9.17) is 10.2 Å². The van der Waals surface area contributed by atoms with Crippen molar-refractivity contribution in [3.05, 3.63) is 0 Å². The van der Waals surface area contributed by atoms with Crippen molar-refractivity contribution < 1.29 is 29.4 Å². The minimum absolute atomic E-state index is 0.0934. The van der Waals surface area contributed by atoms with Crippen LogP contribution in [0.5, 0.6) is 0 Å². The Bertz CT molecular complexity index is 336. The SMILES string of the molecule is O=CC1CCC(C=O)(C(=O)O)C(C(=O)O)C1. The fourth-order valence-corrected chi connectivity index (χ4v) is 2.12. The van der Waals surface area contributed by atoms with Gasteiger partial charge in [-0.25, -0.2) is 0 Å². The van der Waals surface area contributed by atoms with Crippen LogP contribution >= 0.6 is 0 Å². The first-order chi connectivity index (χ1) is 7.47. The zero-order valence-corrected chi connectivity index (χ0v) is 8.46. The van der Waals surface area contributed by atoms with E-state index in [-0.39, 0.29) is 25.5 Å². The Kier molecular flexibility index (Phi) is 3.41. The summed E-state index contributed by atoms with van der Waals surface area (Å²) in [6, 6.07) is 0. The first-order valence-electron chi connectivity index (χ1n) is 4.85. The summed E-state index contributed by atoms with van der Waals surface area (Å²) in [5, 5.41) is 17.9. The zero-order chi connectivity index (χ0) is 12.3. The summed E-state index contributed by atoms with van der Waals surface area (Å²) in [6.45, 7) is 0. The highest BCUT2D eigenvalue weighted by Crippen LogP contribution is 2.42. The van der Waals surface area contributed by atoms with Gasteiger partial charge in [-0.2, -0.15) is 0 Å². The number of carbonyl (C=O) groups excluding carboxylic acids is 2. The van der Waals surface area contributed by atoms with Crippen LogP contribution in [-0.2, 0) is 19.2 Å². The van der Waals surface area contributed by atoms with E-state index >= 15 is 0 Å². The Balaban J connectivity index is 3.08. The number of hydrogen-bond acceptors (Lipinski definition) is 4. The van der Waals surface area contributed by atoms with E-state index in [0.29, 0.717) is 6.29 Å².